The maximum absolute atomic E-state index is 12.7. The zero-order chi connectivity index (χ0) is 44.9. The third-order valence-electron chi connectivity index (χ3n) is 9.99. The van der Waals surface area contributed by atoms with Crippen molar-refractivity contribution >= 4 is 25.7 Å². The van der Waals surface area contributed by atoms with Crippen LogP contribution in [0, 0.1) is 0 Å². The van der Waals surface area contributed by atoms with E-state index in [9.17, 15) is 23.8 Å². The molecule has 0 spiro atoms. The van der Waals surface area contributed by atoms with E-state index in [0.717, 1.165) is 89.9 Å². The summed E-state index contributed by atoms with van der Waals surface area (Å²) in [6, 6.07) is -1.53. The number of hydrogen-bond donors (Lipinski definition) is 3. The number of phosphoric ester groups is 1. The van der Waals surface area contributed by atoms with Gasteiger partial charge in [-0.25, -0.2) is 4.57 Å². The molecule has 12 heteroatoms. The maximum atomic E-state index is 12.7. The van der Waals surface area contributed by atoms with Crippen molar-refractivity contribution in [1.29, 1.82) is 0 Å². The molecule has 0 saturated heterocycles. The first-order valence-electron chi connectivity index (χ1n) is 23.8. The Morgan fingerprint density at radius 2 is 0.869 bits per heavy atom. The van der Waals surface area contributed by atoms with Crippen LogP contribution in [0.25, 0.3) is 0 Å². The van der Waals surface area contributed by atoms with E-state index < -0.39 is 51.1 Å². The zero-order valence-corrected chi connectivity index (χ0v) is 39.1. The molecule has 0 aromatic rings. The molecule has 0 amide bonds. The molecule has 0 aromatic heterocycles. The standard InChI is InChI=1S/C49H86NO10P/c1-3-5-7-9-11-13-15-17-19-21-23-25-27-29-31-33-35-37-39-41-48(52)60-45(43-58-61(55,56)59-44-46(50)49(53)54)42-57-47(51)40-38-36-34-32-30-28-26-24-22-20-18-16-14-12-10-8-6-4-2/h11,13-14,16-17,19-20,22-23,25,45-46H,3-10,12,15,18,21,24,26-44,50H2,1-2H3,(H,53,54)(H,55,56)/b13-11-,16-14-,19-17-,22-20-,25-23-. The highest BCUT2D eigenvalue weighted by Gasteiger charge is 2.28. The third-order valence-corrected chi connectivity index (χ3v) is 10.9. The fourth-order valence-electron chi connectivity index (χ4n) is 6.22. The maximum Gasteiger partial charge on any atom is 0.472 e. The van der Waals surface area contributed by atoms with E-state index in [1.807, 2.05) is 0 Å². The number of unbranched alkanes of at least 4 members (excludes halogenated alkanes) is 20. The van der Waals surface area contributed by atoms with Gasteiger partial charge >= 0.3 is 25.7 Å². The van der Waals surface area contributed by atoms with Crippen molar-refractivity contribution in [1.82, 2.24) is 0 Å². The van der Waals surface area contributed by atoms with Crippen LogP contribution in [0.15, 0.2) is 60.8 Å². The summed E-state index contributed by atoms with van der Waals surface area (Å²) in [4.78, 5) is 46.1. The van der Waals surface area contributed by atoms with Gasteiger partial charge in [0.25, 0.3) is 0 Å². The number of aliphatic carboxylic acids is 1. The molecule has 0 aromatic carbocycles. The topological polar surface area (TPSA) is 172 Å². The summed E-state index contributed by atoms with van der Waals surface area (Å²) in [6.07, 6.45) is 51.3. The van der Waals surface area contributed by atoms with Crippen molar-refractivity contribution in [2.75, 3.05) is 19.8 Å². The second-order valence-corrected chi connectivity index (χ2v) is 17.3. The molecule has 0 bridgehead atoms. The Morgan fingerprint density at radius 1 is 0.508 bits per heavy atom. The number of rotatable bonds is 44. The smallest absolute Gasteiger partial charge is 0.472 e. The van der Waals surface area contributed by atoms with Gasteiger partial charge in [-0.2, -0.15) is 0 Å². The number of hydrogen-bond acceptors (Lipinski definition) is 9. The van der Waals surface area contributed by atoms with Crippen LogP contribution in [0.4, 0.5) is 0 Å². The van der Waals surface area contributed by atoms with Crippen LogP contribution in [0.5, 0.6) is 0 Å². The van der Waals surface area contributed by atoms with E-state index in [4.69, 9.17) is 24.8 Å². The Balaban J connectivity index is 4.36. The summed E-state index contributed by atoms with van der Waals surface area (Å²) in [5, 5.41) is 8.91. The molecule has 0 aliphatic heterocycles. The van der Waals surface area contributed by atoms with Crippen LogP contribution >= 0.6 is 7.82 Å². The number of carboxylic acid groups (broad SMARTS) is 1. The summed E-state index contributed by atoms with van der Waals surface area (Å²) in [5.41, 5.74) is 5.34. The van der Waals surface area contributed by atoms with Gasteiger partial charge in [0.1, 0.15) is 12.6 Å². The molecule has 352 valence electrons. The van der Waals surface area contributed by atoms with Crippen molar-refractivity contribution < 1.29 is 47.5 Å². The molecule has 0 rings (SSSR count). The normalized spacial score (nSPS) is 14.2. The second kappa shape index (κ2) is 43.8. The average molecular weight is 880 g/mol. The largest absolute Gasteiger partial charge is 0.480 e. The van der Waals surface area contributed by atoms with Gasteiger partial charge in [-0.15, -0.1) is 0 Å². The molecular formula is C49H86NO10P. The third kappa shape index (κ3) is 43.6. The predicted octanol–water partition coefficient (Wildman–Crippen LogP) is 13.1. The number of phosphoric acid groups is 1. The molecule has 0 fully saturated rings. The molecule has 0 saturated carbocycles. The van der Waals surface area contributed by atoms with Crippen LogP contribution in [0.1, 0.15) is 200 Å². The number of ether oxygens (including phenoxy) is 2. The van der Waals surface area contributed by atoms with Crippen LogP contribution in [0.2, 0.25) is 0 Å². The van der Waals surface area contributed by atoms with Gasteiger partial charge in [0.15, 0.2) is 6.10 Å². The summed E-state index contributed by atoms with van der Waals surface area (Å²) < 4.78 is 32.8. The first-order chi connectivity index (χ1) is 29.6. The molecule has 0 radical (unpaired) electrons. The van der Waals surface area contributed by atoms with Crippen molar-refractivity contribution in [3.8, 4) is 0 Å². The van der Waals surface area contributed by atoms with Gasteiger partial charge in [-0.1, -0.05) is 164 Å². The Hall–Kier alpha value is -2.82. The van der Waals surface area contributed by atoms with Crippen LogP contribution in [-0.2, 0) is 37.5 Å². The average Bonchev–Trinajstić information content (AvgIpc) is 3.24. The molecule has 3 atom stereocenters. The lowest BCUT2D eigenvalue weighted by Crippen LogP contribution is -2.34. The highest BCUT2D eigenvalue weighted by atomic mass is 31.2. The predicted molar refractivity (Wildman–Crippen MR) is 249 cm³/mol. The van der Waals surface area contributed by atoms with Gasteiger partial charge in [-0.3, -0.25) is 23.4 Å². The highest BCUT2D eigenvalue weighted by molar-refractivity contribution is 7.47. The monoisotopic (exact) mass is 880 g/mol. The summed E-state index contributed by atoms with van der Waals surface area (Å²) >= 11 is 0. The van der Waals surface area contributed by atoms with Gasteiger partial charge in [-0.05, 0) is 83.5 Å². The number of carbonyl (C=O) groups excluding carboxylic acids is 2. The molecule has 61 heavy (non-hydrogen) atoms. The zero-order valence-electron chi connectivity index (χ0n) is 38.2. The van der Waals surface area contributed by atoms with Crippen LogP contribution < -0.4 is 5.73 Å². The number of carboxylic acids is 1. The summed E-state index contributed by atoms with van der Waals surface area (Å²) in [5.74, 6) is -2.41. The SMILES string of the molecule is CCCCC/C=C\C/C=C\C/C=C\CCCCCCCCC(=O)OC(COC(=O)CCCCCCCCC/C=C\C/C=C\CCCCCC)COP(=O)(O)OCC(N)C(=O)O. The Labute approximate surface area is 370 Å². The van der Waals surface area contributed by atoms with E-state index >= 15 is 0 Å². The molecule has 0 aliphatic carbocycles. The van der Waals surface area contributed by atoms with Crippen molar-refractivity contribution in [2.24, 2.45) is 5.73 Å². The van der Waals surface area contributed by atoms with E-state index in [2.05, 4.69) is 79.1 Å². The number of nitrogens with two attached hydrogens (primary N) is 1. The van der Waals surface area contributed by atoms with Gasteiger partial charge in [0, 0.05) is 12.8 Å². The lowest BCUT2D eigenvalue weighted by Gasteiger charge is -2.20. The first-order valence-corrected chi connectivity index (χ1v) is 25.3. The lowest BCUT2D eigenvalue weighted by molar-refractivity contribution is -0.161. The van der Waals surface area contributed by atoms with E-state index in [0.29, 0.717) is 12.8 Å². The summed E-state index contributed by atoms with van der Waals surface area (Å²) in [6.45, 7) is 2.75. The van der Waals surface area contributed by atoms with Crippen molar-refractivity contribution in [3.63, 3.8) is 0 Å². The second-order valence-electron chi connectivity index (χ2n) is 15.9. The minimum atomic E-state index is -4.73. The van der Waals surface area contributed by atoms with E-state index in [1.54, 1.807) is 0 Å². The molecule has 3 unspecified atom stereocenters. The van der Waals surface area contributed by atoms with Crippen molar-refractivity contribution in [3.05, 3.63) is 60.8 Å². The van der Waals surface area contributed by atoms with E-state index in [-0.39, 0.29) is 19.4 Å². The van der Waals surface area contributed by atoms with Gasteiger partial charge in [0.05, 0.1) is 13.2 Å². The molecule has 11 nitrogen and oxygen atoms in total. The lowest BCUT2D eigenvalue weighted by atomic mass is 10.1. The van der Waals surface area contributed by atoms with E-state index in [1.165, 1.54) is 70.6 Å². The minimum absolute atomic E-state index is 0.143. The fraction of sp³-hybridized carbons (Fsp3) is 0.735. The first kappa shape index (κ1) is 58.2. The van der Waals surface area contributed by atoms with Crippen LogP contribution in [0.3, 0.4) is 0 Å². The molecular weight excluding hydrogens is 794 g/mol. The highest BCUT2D eigenvalue weighted by Crippen LogP contribution is 2.43. The Bertz CT molecular complexity index is 1260. The molecule has 0 heterocycles. The van der Waals surface area contributed by atoms with Gasteiger partial charge in [0.2, 0.25) is 0 Å². The quantitative estimate of drug-likeness (QED) is 0.0230. The summed E-state index contributed by atoms with van der Waals surface area (Å²) in [7, 11) is -4.73. The number of carbonyl (C=O) groups is 3. The molecule has 4 N–H and O–H groups in total. The Kier molecular flexibility index (Phi) is 41.8. The number of esters is 2. The number of allylic oxidation sites excluding steroid dienone is 10. The fourth-order valence-corrected chi connectivity index (χ4v) is 7.00. The van der Waals surface area contributed by atoms with Gasteiger partial charge < -0.3 is 25.2 Å². The minimum Gasteiger partial charge on any atom is -0.480 e. The van der Waals surface area contributed by atoms with Crippen LogP contribution in [-0.4, -0.2) is 59.9 Å². The Morgan fingerprint density at radius 3 is 1.33 bits per heavy atom. The molecule has 0 aliphatic rings. The van der Waals surface area contributed by atoms with Crippen molar-refractivity contribution in [2.45, 2.75) is 212 Å².